The van der Waals surface area contributed by atoms with Gasteiger partial charge in [0.15, 0.2) is 0 Å². The average molecular weight is 349 g/mol. The Labute approximate surface area is 146 Å². The lowest BCUT2D eigenvalue weighted by Crippen LogP contribution is -2.48. The summed E-state index contributed by atoms with van der Waals surface area (Å²) >= 11 is 1.44. The largest absolute Gasteiger partial charge is 0.351 e. The molecule has 2 aliphatic rings. The molecule has 1 aromatic carbocycles. The van der Waals surface area contributed by atoms with E-state index in [-0.39, 0.29) is 22.9 Å². The van der Waals surface area contributed by atoms with Crippen LogP contribution in [0.3, 0.4) is 0 Å². The minimum atomic E-state index is -0.416. The Balaban J connectivity index is 1.54. The molecule has 1 amide bonds. The van der Waals surface area contributed by atoms with Gasteiger partial charge in [-0.3, -0.25) is 19.8 Å². The van der Waals surface area contributed by atoms with Crippen molar-refractivity contribution in [2.75, 3.05) is 13.1 Å². The van der Waals surface area contributed by atoms with Crippen molar-refractivity contribution in [2.45, 2.75) is 54.8 Å². The molecule has 0 spiro atoms. The molecular formula is C17H23N3O3S. The Morgan fingerprint density at radius 1 is 1.29 bits per heavy atom. The smallest absolute Gasteiger partial charge is 0.269 e. The lowest BCUT2D eigenvalue weighted by molar-refractivity contribution is -0.384. The van der Waals surface area contributed by atoms with Gasteiger partial charge in [-0.1, -0.05) is 6.42 Å². The Bertz CT molecular complexity index is 608. The van der Waals surface area contributed by atoms with E-state index < -0.39 is 4.92 Å². The molecule has 1 aromatic rings. The number of hydrogen-bond donors (Lipinski definition) is 1. The number of hydrogen-bond acceptors (Lipinski definition) is 5. The zero-order chi connectivity index (χ0) is 17.1. The molecule has 0 aromatic heterocycles. The van der Waals surface area contributed by atoms with Crippen LogP contribution in [0.2, 0.25) is 0 Å². The molecule has 3 rings (SSSR count). The number of carbonyl (C=O) groups excluding carboxylic acids is 1. The molecule has 0 radical (unpaired) electrons. The first-order valence-corrected chi connectivity index (χ1v) is 9.38. The first kappa shape index (κ1) is 17.2. The van der Waals surface area contributed by atoms with Crippen LogP contribution >= 0.6 is 11.8 Å². The third-order valence-corrected chi connectivity index (χ3v) is 6.03. The van der Waals surface area contributed by atoms with Gasteiger partial charge in [0.1, 0.15) is 0 Å². The minimum Gasteiger partial charge on any atom is -0.351 e. The predicted octanol–water partition coefficient (Wildman–Crippen LogP) is 2.82. The lowest BCUT2D eigenvalue weighted by Gasteiger charge is -2.32. The number of thioether (sulfide) groups is 1. The van der Waals surface area contributed by atoms with Crippen molar-refractivity contribution in [3.8, 4) is 0 Å². The molecule has 130 valence electrons. The van der Waals surface area contributed by atoms with Crippen LogP contribution in [0.1, 0.15) is 32.6 Å². The van der Waals surface area contributed by atoms with Crippen LogP contribution in [0, 0.1) is 10.1 Å². The highest BCUT2D eigenvalue weighted by atomic mass is 32.2. The molecule has 1 N–H and O–H groups in total. The van der Waals surface area contributed by atoms with E-state index in [0.29, 0.717) is 6.04 Å². The topological polar surface area (TPSA) is 75.5 Å². The first-order valence-electron chi connectivity index (χ1n) is 8.50. The highest BCUT2D eigenvalue weighted by molar-refractivity contribution is 8.00. The molecule has 2 aliphatic heterocycles. The molecule has 0 bridgehead atoms. The van der Waals surface area contributed by atoms with Crippen LogP contribution in [0.5, 0.6) is 0 Å². The van der Waals surface area contributed by atoms with E-state index in [2.05, 4.69) is 10.2 Å². The number of piperidine rings is 1. The molecule has 0 saturated carbocycles. The lowest BCUT2D eigenvalue weighted by atomic mass is 9.99. The van der Waals surface area contributed by atoms with E-state index in [9.17, 15) is 14.9 Å². The zero-order valence-corrected chi connectivity index (χ0v) is 14.6. The van der Waals surface area contributed by atoms with Crippen molar-refractivity contribution in [2.24, 2.45) is 0 Å². The van der Waals surface area contributed by atoms with E-state index in [0.717, 1.165) is 24.4 Å². The summed E-state index contributed by atoms with van der Waals surface area (Å²) in [6, 6.07) is 7.11. The van der Waals surface area contributed by atoms with Crippen molar-refractivity contribution < 1.29 is 9.72 Å². The number of benzene rings is 1. The van der Waals surface area contributed by atoms with Crippen LogP contribution < -0.4 is 5.32 Å². The fourth-order valence-corrected chi connectivity index (χ4v) is 4.50. The molecule has 24 heavy (non-hydrogen) atoms. The predicted molar refractivity (Wildman–Crippen MR) is 94.2 cm³/mol. The number of nitrogens with one attached hydrogen (secondary N) is 1. The third kappa shape index (κ3) is 3.89. The summed E-state index contributed by atoms with van der Waals surface area (Å²) in [7, 11) is 0. The van der Waals surface area contributed by atoms with Crippen molar-refractivity contribution in [1.29, 1.82) is 0 Å². The summed E-state index contributed by atoms with van der Waals surface area (Å²) in [6.07, 6.45) is 4.73. The van der Waals surface area contributed by atoms with Gasteiger partial charge >= 0.3 is 0 Å². The van der Waals surface area contributed by atoms with E-state index in [1.807, 2.05) is 6.92 Å². The van der Waals surface area contributed by atoms with Crippen LogP contribution in [0.15, 0.2) is 29.2 Å². The molecule has 7 heteroatoms. The van der Waals surface area contributed by atoms with Gasteiger partial charge < -0.3 is 5.32 Å². The van der Waals surface area contributed by atoms with E-state index in [1.165, 1.54) is 43.2 Å². The quantitative estimate of drug-likeness (QED) is 0.502. The summed E-state index contributed by atoms with van der Waals surface area (Å²) in [4.78, 5) is 26.1. The maximum absolute atomic E-state index is 12.5. The minimum absolute atomic E-state index is 0.0516. The molecule has 2 heterocycles. The monoisotopic (exact) mass is 349 g/mol. The van der Waals surface area contributed by atoms with Crippen molar-refractivity contribution in [3.05, 3.63) is 34.4 Å². The van der Waals surface area contributed by atoms with Crippen molar-refractivity contribution >= 4 is 23.4 Å². The fourth-order valence-electron chi connectivity index (χ4n) is 3.62. The number of nitro groups is 1. The zero-order valence-electron chi connectivity index (χ0n) is 13.8. The molecule has 0 unspecified atom stereocenters. The van der Waals surface area contributed by atoms with Gasteiger partial charge in [-0.2, -0.15) is 0 Å². The van der Waals surface area contributed by atoms with Gasteiger partial charge in [0, 0.05) is 35.7 Å². The maximum Gasteiger partial charge on any atom is 0.269 e. The molecule has 2 fully saturated rings. The number of carbonyl (C=O) groups is 1. The Kier molecular flexibility index (Phi) is 5.40. The highest BCUT2D eigenvalue weighted by Gasteiger charge is 2.36. The molecule has 0 aliphatic carbocycles. The Morgan fingerprint density at radius 2 is 2.04 bits per heavy atom. The van der Waals surface area contributed by atoms with Gasteiger partial charge in [0.2, 0.25) is 5.91 Å². The standard InChI is InChI=1S/C17H23N3O3S/c1-12(24-14-7-5-13(6-8-14)20(22)23)17(21)18-15-9-11-19-10-3-2-4-16(15)19/h5-8,12,15-16H,2-4,9-11H2,1H3,(H,18,21)/t12-,15-,16-/m0/s1. The van der Waals surface area contributed by atoms with Gasteiger partial charge in [0.05, 0.1) is 10.2 Å². The van der Waals surface area contributed by atoms with Crippen molar-refractivity contribution in [1.82, 2.24) is 10.2 Å². The summed E-state index contributed by atoms with van der Waals surface area (Å²) in [5.41, 5.74) is 0.0693. The van der Waals surface area contributed by atoms with E-state index >= 15 is 0 Å². The summed E-state index contributed by atoms with van der Waals surface area (Å²) in [6.45, 7) is 4.12. The molecule has 6 nitrogen and oxygen atoms in total. The number of non-ortho nitro benzene ring substituents is 1. The number of fused-ring (bicyclic) bond motifs is 1. The molecule has 3 atom stereocenters. The van der Waals surface area contributed by atoms with Gasteiger partial charge in [-0.25, -0.2) is 0 Å². The summed E-state index contributed by atoms with van der Waals surface area (Å²) in [5.74, 6) is 0.0516. The van der Waals surface area contributed by atoms with Gasteiger partial charge in [0.25, 0.3) is 5.69 Å². The normalized spacial score (nSPS) is 25.0. The Morgan fingerprint density at radius 3 is 2.75 bits per heavy atom. The van der Waals surface area contributed by atoms with Crippen LogP contribution in [-0.2, 0) is 4.79 Å². The molecule has 2 saturated heterocycles. The van der Waals surface area contributed by atoms with Crippen molar-refractivity contribution in [3.63, 3.8) is 0 Å². The average Bonchev–Trinajstić information content (AvgIpc) is 2.98. The summed E-state index contributed by atoms with van der Waals surface area (Å²) < 4.78 is 0. The van der Waals surface area contributed by atoms with E-state index in [4.69, 9.17) is 0 Å². The Hall–Kier alpha value is -1.60. The highest BCUT2D eigenvalue weighted by Crippen LogP contribution is 2.29. The van der Waals surface area contributed by atoms with Crippen LogP contribution in [-0.4, -0.2) is 46.2 Å². The van der Waals surface area contributed by atoms with Crippen LogP contribution in [0.4, 0.5) is 5.69 Å². The SMILES string of the molecule is C[C@H](Sc1ccc([N+](=O)[O-])cc1)C(=O)N[C@H]1CCN2CCCC[C@@H]12. The second-order valence-corrected chi connectivity index (χ2v) is 7.93. The second kappa shape index (κ2) is 7.53. The van der Waals surface area contributed by atoms with Crippen LogP contribution in [0.25, 0.3) is 0 Å². The number of rotatable bonds is 5. The number of amides is 1. The van der Waals surface area contributed by atoms with Gasteiger partial charge in [-0.05, 0) is 44.9 Å². The maximum atomic E-state index is 12.5. The van der Waals surface area contributed by atoms with E-state index in [1.54, 1.807) is 12.1 Å². The first-order chi connectivity index (χ1) is 11.5. The number of nitrogens with zero attached hydrogens (tertiary/aromatic N) is 2. The fraction of sp³-hybridized carbons (Fsp3) is 0.588. The molecular weight excluding hydrogens is 326 g/mol. The second-order valence-electron chi connectivity index (χ2n) is 6.51. The third-order valence-electron chi connectivity index (χ3n) is 4.91. The van der Waals surface area contributed by atoms with Gasteiger partial charge in [-0.15, -0.1) is 11.8 Å². The number of nitro benzene ring substituents is 1. The summed E-state index contributed by atoms with van der Waals surface area (Å²) in [5, 5.41) is 13.7.